The number of carbonyl (C=O) groups is 3. The van der Waals surface area contributed by atoms with Gasteiger partial charge in [0.25, 0.3) is 11.8 Å². The van der Waals surface area contributed by atoms with Gasteiger partial charge < -0.3 is 20.0 Å². The van der Waals surface area contributed by atoms with Crippen LogP contribution in [0.1, 0.15) is 27.9 Å². The summed E-state index contributed by atoms with van der Waals surface area (Å²) in [6.45, 7) is 1.81. The second kappa shape index (κ2) is 10.9. The molecule has 0 spiro atoms. The van der Waals surface area contributed by atoms with Crippen LogP contribution >= 0.6 is 0 Å². The lowest BCUT2D eigenvalue weighted by Crippen LogP contribution is -2.47. The number of carbonyl (C=O) groups excluding carboxylic acids is 3. The topological polar surface area (TPSA) is 109 Å². The Balaban J connectivity index is 1.41. The molecule has 3 amide bonds. The van der Waals surface area contributed by atoms with E-state index in [1.54, 1.807) is 6.07 Å². The lowest BCUT2D eigenvalue weighted by molar-refractivity contribution is -0.137. The number of nitrogens with zero attached hydrogens (tertiary/aromatic N) is 5. The first-order valence-electron chi connectivity index (χ1n) is 13.0. The van der Waals surface area contributed by atoms with Crippen molar-refractivity contribution in [3.05, 3.63) is 64.5 Å². The summed E-state index contributed by atoms with van der Waals surface area (Å²) in [5, 5.41) is 12.2. The number of amides is 3. The van der Waals surface area contributed by atoms with Crippen molar-refractivity contribution in [2.24, 2.45) is 10.9 Å². The maximum absolute atomic E-state index is 14.3. The smallest absolute Gasteiger partial charge is 0.368 e. The van der Waals surface area contributed by atoms with E-state index < -0.39 is 47.2 Å². The van der Waals surface area contributed by atoms with Gasteiger partial charge in [0.2, 0.25) is 5.91 Å². The van der Waals surface area contributed by atoms with Crippen molar-refractivity contribution in [1.29, 1.82) is 5.26 Å². The second-order valence-corrected chi connectivity index (χ2v) is 10.3. The molecule has 1 aliphatic carbocycles. The number of alkyl halides is 3. The molecule has 2 atom stereocenters. The first kappa shape index (κ1) is 28.2. The van der Waals surface area contributed by atoms with Crippen LogP contribution in [0.4, 0.5) is 23.2 Å². The van der Waals surface area contributed by atoms with Crippen molar-refractivity contribution in [3.8, 4) is 6.07 Å². The number of aliphatic imine (C=N–C) groups is 1. The van der Waals surface area contributed by atoms with Crippen LogP contribution in [0.25, 0.3) is 0 Å². The number of nitrogens with one attached hydrogen (secondary N) is 1. The van der Waals surface area contributed by atoms with Crippen LogP contribution in [0.15, 0.2) is 52.8 Å². The summed E-state index contributed by atoms with van der Waals surface area (Å²) in [5.41, 5.74) is -2.12. The van der Waals surface area contributed by atoms with Gasteiger partial charge in [-0.25, -0.2) is 9.38 Å². The minimum atomic E-state index is -4.85. The number of halogens is 4. The summed E-state index contributed by atoms with van der Waals surface area (Å²) < 4.78 is 57.1. The standard InChI is InChI=1S/C28H26F4N6O3/c1-36-7-9-37(10-8-36)27(41)20-11-16(14-33)12-21(28(30,31)32)25(20)38-6-5-17(15-38)34-26(40)19-13-23(39)35-24-18(19)3-2-4-22(24)29/h2-4,11-13,17-18H,5-10,15H2,1H3,(H,34,40)/t17-,18?/m1/s1. The maximum Gasteiger partial charge on any atom is 0.418 e. The predicted molar refractivity (Wildman–Crippen MR) is 141 cm³/mol. The van der Waals surface area contributed by atoms with E-state index in [4.69, 9.17) is 0 Å². The largest absolute Gasteiger partial charge is 0.418 e. The van der Waals surface area contributed by atoms with Crippen molar-refractivity contribution >= 4 is 29.1 Å². The van der Waals surface area contributed by atoms with Crippen molar-refractivity contribution in [2.45, 2.75) is 18.6 Å². The van der Waals surface area contributed by atoms with Crippen molar-refractivity contribution in [2.75, 3.05) is 51.2 Å². The highest BCUT2D eigenvalue weighted by atomic mass is 19.4. The highest BCUT2D eigenvalue weighted by Crippen LogP contribution is 2.41. The lowest BCUT2D eigenvalue weighted by Gasteiger charge is -2.34. The van der Waals surface area contributed by atoms with Gasteiger partial charge in [0.1, 0.15) is 5.83 Å². The third-order valence-corrected chi connectivity index (χ3v) is 7.60. The minimum Gasteiger partial charge on any atom is -0.368 e. The van der Waals surface area contributed by atoms with Crippen LogP contribution < -0.4 is 10.2 Å². The van der Waals surface area contributed by atoms with Gasteiger partial charge in [-0.1, -0.05) is 12.2 Å². The fraction of sp³-hybridized carbons (Fsp3) is 0.393. The number of dihydropyridines is 1. The molecule has 2 fully saturated rings. The Bertz CT molecular complexity index is 1460. The minimum absolute atomic E-state index is 0.0155. The number of anilines is 1. The van der Waals surface area contributed by atoms with Crippen molar-refractivity contribution < 1.29 is 31.9 Å². The van der Waals surface area contributed by atoms with E-state index >= 15 is 0 Å². The Kier molecular flexibility index (Phi) is 7.52. The fourth-order valence-corrected chi connectivity index (χ4v) is 5.48. The summed E-state index contributed by atoms with van der Waals surface area (Å²) >= 11 is 0. The number of piperazine rings is 1. The van der Waals surface area contributed by atoms with E-state index in [1.807, 2.05) is 11.9 Å². The Hall–Kier alpha value is -4.31. The Labute approximate surface area is 233 Å². The molecule has 1 N–H and O–H groups in total. The van der Waals surface area contributed by atoms with E-state index in [0.717, 1.165) is 18.2 Å². The fourth-order valence-electron chi connectivity index (χ4n) is 5.48. The SMILES string of the molecule is CN1CCN(C(=O)c2cc(C#N)cc(C(F)(F)F)c2N2CC[C@@H](NC(=O)C3=CC(=O)N=C4C(F)=CC=CC34)C2)CC1. The molecule has 41 heavy (non-hydrogen) atoms. The van der Waals surface area contributed by atoms with Crippen LogP contribution in [-0.2, 0) is 15.8 Å². The van der Waals surface area contributed by atoms with Gasteiger partial charge in [0, 0.05) is 57.0 Å². The Morgan fingerprint density at radius 3 is 2.56 bits per heavy atom. The Morgan fingerprint density at radius 1 is 1.15 bits per heavy atom. The highest BCUT2D eigenvalue weighted by Gasteiger charge is 2.41. The molecule has 1 aromatic rings. The van der Waals surface area contributed by atoms with Gasteiger partial charge in [-0.05, 0) is 31.7 Å². The van der Waals surface area contributed by atoms with Crippen molar-refractivity contribution in [3.63, 3.8) is 0 Å². The molecule has 0 saturated carbocycles. The van der Waals surface area contributed by atoms with Crippen LogP contribution in [0.5, 0.6) is 0 Å². The lowest BCUT2D eigenvalue weighted by atomic mass is 9.87. The number of likely N-dealkylation sites (N-methyl/N-ethyl adjacent to an activating group) is 1. The van der Waals surface area contributed by atoms with Gasteiger partial charge in [0.05, 0.1) is 40.1 Å². The molecular weight excluding hydrogens is 544 g/mol. The molecule has 5 rings (SSSR count). The van der Waals surface area contributed by atoms with Gasteiger partial charge in [-0.3, -0.25) is 14.4 Å². The quantitative estimate of drug-likeness (QED) is 0.558. The van der Waals surface area contributed by atoms with Crippen LogP contribution in [0, 0.1) is 17.2 Å². The molecule has 3 aliphatic heterocycles. The monoisotopic (exact) mass is 570 g/mol. The molecule has 3 heterocycles. The molecule has 9 nitrogen and oxygen atoms in total. The van der Waals surface area contributed by atoms with Gasteiger partial charge in [-0.15, -0.1) is 0 Å². The van der Waals surface area contributed by atoms with Crippen LogP contribution in [0.3, 0.4) is 0 Å². The molecule has 214 valence electrons. The number of rotatable bonds is 4. The molecular formula is C28H26F4N6O3. The molecule has 4 aliphatic rings. The molecule has 2 saturated heterocycles. The molecule has 0 aromatic heterocycles. The normalized spacial score (nSPS) is 22.9. The summed E-state index contributed by atoms with van der Waals surface area (Å²) in [6.07, 6.45) is 0.499. The summed E-state index contributed by atoms with van der Waals surface area (Å²) in [4.78, 5) is 47.3. The highest BCUT2D eigenvalue weighted by molar-refractivity contribution is 6.19. The van der Waals surface area contributed by atoms with Crippen LogP contribution in [-0.4, -0.2) is 85.6 Å². The first-order chi connectivity index (χ1) is 19.5. The van der Waals surface area contributed by atoms with Crippen LogP contribution in [0.2, 0.25) is 0 Å². The first-order valence-corrected chi connectivity index (χ1v) is 13.0. The van der Waals surface area contributed by atoms with E-state index in [-0.39, 0.29) is 47.6 Å². The number of nitriles is 1. The third kappa shape index (κ3) is 5.65. The van der Waals surface area contributed by atoms with Gasteiger partial charge in [-0.2, -0.15) is 18.4 Å². The summed E-state index contributed by atoms with van der Waals surface area (Å²) in [5.74, 6) is -3.63. The summed E-state index contributed by atoms with van der Waals surface area (Å²) in [6, 6.07) is 3.02. The van der Waals surface area contributed by atoms with Gasteiger partial charge >= 0.3 is 6.18 Å². The van der Waals surface area contributed by atoms with E-state index in [9.17, 15) is 37.2 Å². The molecule has 1 unspecified atom stereocenters. The molecule has 1 aromatic carbocycles. The zero-order valence-electron chi connectivity index (χ0n) is 22.0. The molecule has 0 radical (unpaired) electrons. The zero-order chi connectivity index (χ0) is 29.5. The maximum atomic E-state index is 14.3. The average Bonchev–Trinajstić information content (AvgIpc) is 3.40. The number of allylic oxidation sites excluding steroid dienone is 4. The number of benzene rings is 1. The molecule has 13 heteroatoms. The van der Waals surface area contributed by atoms with E-state index in [2.05, 4.69) is 10.3 Å². The van der Waals surface area contributed by atoms with Crippen molar-refractivity contribution in [1.82, 2.24) is 15.1 Å². The predicted octanol–water partition coefficient (Wildman–Crippen LogP) is 2.61. The number of fused-ring (bicyclic) bond motifs is 1. The van der Waals surface area contributed by atoms with Gasteiger partial charge in [0.15, 0.2) is 0 Å². The van der Waals surface area contributed by atoms with E-state index in [0.29, 0.717) is 26.2 Å². The average molecular weight is 571 g/mol. The number of hydrogen-bond donors (Lipinski definition) is 1. The molecule has 0 bridgehead atoms. The zero-order valence-corrected chi connectivity index (χ0v) is 22.0. The Morgan fingerprint density at radius 2 is 1.88 bits per heavy atom. The van der Waals surface area contributed by atoms with E-state index in [1.165, 1.54) is 28.0 Å². The second-order valence-electron chi connectivity index (χ2n) is 10.3. The number of hydrogen-bond acceptors (Lipinski definition) is 6. The third-order valence-electron chi connectivity index (χ3n) is 7.60. The summed E-state index contributed by atoms with van der Waals surface area (Å²) in [7, 11) is 1.88.